The summed E-state index contributed by atoms with van der Waals surface area (Å²) in [6, 6.07) is 5.42. The number of hydrogen-bond acceptors (Lipinski definition) is 3. The lowest BCUT2D eigenvalue weighted by Crippen LogP contribution is -2.00. The number of hydrogen-bond donors (Lipinski definition) is 0. The molecule has 0 aromatic heterocycles. The van der Waals surface area contributed by atoms with E-state index >= 15 is 0 Å². The predicted octanol–water partition coefficient (Wildman–Crippen LogP) is 7.65. The van der Waals surface area contributed by atoms with Crippen molar-refractivity contribution in [3.05, 3.63) is 23.2 Å². The molecule has 0 aliphatic carbocycles. The van der Waals surface area contributed by atoms with E-state index in [1.807, 2.05) is 12.1 Å². The van der Waals surface area contributed by atoms with E-state index in [-0.39, 0.29) is 0 Å². The number of ether oxygens (including phenoxy) is 2. The topological polar surface area (TPSA) is 46.6 Å². The fourth-order valence-corrected chi connectivity index (χ4v) is 2.92. The van der Waals surface area contributed by atoms with Gasteiger partial charge in [0.25, 0.3) is 0 Å². The Morgan fingerprint density at radius 1 is 0.731 bits per heavy atom. The summed E-state index contributed by atoms with van der Waals surface area (Å²) in [6.07, 6.45) is 14.8. The second-order valence-electron chi connectivity index (χ2n) is 6.96. The van der Waals surface area contributed by atoms with Crippen molar-refractivity contribution in [1.29, 1.82) is 5.39 Å². The molecule has 0 bridgehead atoms. The summed E-state index contributed by atoms with van der Waals surface area (Å²) in [5, 5.41) is 9.13. The minimum Gasteiger partial charge on any atom is -0.493 e. The monoisotopic (exact) mass is 361 g/mol. The molecule has 0 saturated heterocycles. The van der Waals surface area contributed by atoms with Crippen LogP contribution in [0, 0.1) is 5.39 Å². The molecule has 26 heavy (non-hydrogen) atoms. The highest BCUT2D eigenvalue weighted by molar-refractivity contribution is 5.59. The van der Waals surface area contributed by atoms with E-state index in [9.17, 15) is 0 Å². The van der Waals surface area contributed by atoms with Crippen molar-refractivity contribution in [2.45, 2.75) is 90.9 Å². The average molecular weight is 362 g/mol. The zero-order chi connectivity index (χ0) is 18.9. The Hall–Kier alpha value is -1.76. The fourth-order valence-electron chi connectivity index (χ4n) is 2.92. The van der Waals surface area contributed by atoms with Crippen LogP contribution in [0.1, 0.15) is 90.9 Å². The van der Waals surface area contributed by atoms with Crippen LogP contribution in [0.5, 0.6) is 11.5 Å². The fraction of sp³-hybridized carbons (Fsp3) is 0.727. The van der Waals surface area contributed by atoms with Crippen LogP contribution in [0.3, 0.4) is 0 Å². The van der Waals surface area contributed by atoms with E-state index in [1.54, 1.807) is 6.07 Å². The van der Waals surface area contributed by atoms with Gasteiger partial charge in [0.15, 0.2) is 4.98 Å². The van der Waals surface area contributed by atoms with Crippen molar-refractivity contribution < 1.29 is 9.47 Å². The zero-order valence-electron chi connectivity index (χ0n) is 16.8. The molecule has 0 unspecified atom stereocenters. The van der Waals surface area contributed by atoms with E-state index in [1.165, 1.54) is 64.2 Å². The van der Waals surface area contributed by atoms with E-state index in [0.717, 1.165) is 25.2 Å². The van der Waals surface area contributed by atoms with Crippen molar-refractivity contribution in [3.63, 3.8) is 0 Å². The molecule has 0 atom stereocenters. The predicted molar refractivity (Wildman–Crippen MR) is 109 cm³/mol. The van der Waals surface area contributed by atoms with Crippen LogP contribution in [0.2, 0.25) is 0 Å². The van der Waals surface area contributed by atoms with Crippen LogP contribution in [-0.2, 0) is 0 Å². The molecular weight excluding hydrogens is 324 g/mol. The highest BCUT2D eigenvalue weighted by Crippen LogP contribution is 2.32. The van der Waals surface area contributed by atoms with Gasteiger partial charge in [0.05, 0.1) is 13.2 Å². The lowest BCUT2D eigenvalue weighted by Gasteiger charge is -2.08. The first-order valence-corrected chi connectivity index (χ1v) is 10.6. The number of benzene rings is 1. The van der Waals surface area contributed by atoms with Gasteiger partial charge in [-0.1, -0.05) is 78.1 Å². The van der Waals surface area contributed by atoms with Gasteiger partial charge in [-0.2, -0.15) is 0 Å². The van der Waals surface area contributed by atoms with Crippen LogP contribution in [0.4, 0.5) is 5.69 Å². The molecule has 1 aromatic rings. The molecule has 0 radical (unpaired) electrons. The van der Waals surface area contributed by atoms with Gasteiger partial charge in [-0.15, -0.1) is 0 Å². The van der Waals surface area contributed by atoms with Crippen LogP contribution >= 0.6 is 0 Å². The standard InChI is InChI=1S/C22H37N2O2/c1-3-5-7-9-11-13-17-25-20-15-16-21(24-23)22(19-20)26-18-14-12-10-8-6-4-2/h15-16,19H,3-14,17-18H2,1-2H3/q+1. The number of nitrogens with zero attached hydrogens (tertiary/aromatic N) is 2. The maximum Gasteiger partial charge on any atom is 0.426 e. The van der Waals surface area contributed by atoms with Crippen LogP contribution < -0.4 is 9.47 Å². The van der Waals surface area contributed by atoms with Crippen molar-refractivity contribution in [2.75, 3.05) is 13.2 Å². The van der Waals surface area contributed by atoms with Gasteiger partial charge in [-0.3, -0.25) is 0 Å². The lowest BCUT2D eigenvalue weighted by molar-refractivity contribution is 0.291. The van der Waals surface area contributed by atoms with E-state index < -0.39 is 0 Å². The maximum atomic E-state index is 9.13. The summed E-state index contributed by atoms with van der Waals surface area (Å²) >= 11 is 0. The summed E-state index contributed by atoms with van der Waals surface area (Å²) in [5.41, 5.74) is 0.461. The van der Waals surface area contributed by atoms with Crippen molar-refractivity contribution in [3.8, 4) is 11.5 Å². The Kier molecular flexibility index (Phi) is 13.3. The third kappa shape index (κ3) is 10.3. The first-order chi connectivity index (χ1) is 12.8. The first kappa shape index (κ1) is 22.3. The molecule has 0 spiro atoms. The van der Waals surface area contributed by atoms with Gasteiger partial charge in [0.2, 0.25) is 11.1 Å². The van der Waals surface area contributed by atoms with Gasteiger partial charge >= 0.3 is 5.69 Å². The van der Waals surface area contributed by atoms with E-state index in [2.05, 4.69) is 18.8 Å². The van der Waals surface area contributed by atoms with Crippen LogP contribution in [0.15, 0.2) is 18.2 Å². The van der Waals surface area contributed by atoms with Gasteiger partial charge < -0.3 is 9.47 Å². The van der Waals surface area contributed by atoms with Crippen LogP contribution in [0.25, 0.3) is 4.98 Å². The lowest BCUT2D eigenvalue weighted by atomic mass is 10.1. The molecule has 0 fully saturated rings. The molecular formula is C22H37N2O2+. The zero-order valence-corrected chi connectivity index (χ0v) is 16.8. The number of unbranched alkanes of at least 4 members (excludes halogenated alkanes) is 10. The Labute approximate surface area is 159 Å². The molecule has 4 nitrogen and oxygen atoms in total. The molecule has 146 valence electrons. The molecule has 0 amide bonds. The first-order valence-electron chi connectivity index (χ1n) is 10.6. The smallest absolute Gasteiger partial charge is 0.426 e. The third-order valence-corrected chi connectivity index (χ3v) is 4.56. The molecule has 0 N–H and O–H groups in total. The van der Waals surface area contributed by atoms with Gasteiger partial charge in [0, 0.05) is 12.1 Å². The van der Waals surface area contributed by atoms with Gasteiger partial charge in [-0.25, -0.2) is 0 Å². The third-order valence-electron chi connectivity index (χ3n) is 4.56. The SMILES string of the molecule is CCCCCCCCOc1ccc([N+]#N)c(OCCCCCCCC)c1. The summed E-state index contributed by atoms with van der Waals surface area (Å²) in [6.45, 7) is 5.83. The van der Waals surface area contributed by atoms with Crippen LogP contribution in [-0.4, -0.2) is 13.2 Å². The minimum absolute atomic E-state index is 0.461. The summed E-state index contributed by atoms with van der Waals surface area (Å²) in [4.78, 5) is 3.31. The van der Waals surface area contributed by atoms with Gasteiger partial charge in [-0.05, 0) is 18.9 Å². The van der Waals surface area contributed by atoms with E-state index in [4.69, 9.17) is 14.9 Å². The Balaban J connectivity index is 2.29. The molecule has 0 aliphatic rings. The van der Waals surface area contributed by atoms with Crippen molar-refractivity contribution >= 4 is 5.69 Å². The summed E-state index contributed by atoms with van der Waals surface area (Å²) < 4.78 is 11.6. The number of diazo groups is 1. The molecule has 1 rings (SSSR count). The summed E-state index contributed by atoms with van der Waals surface area (Å²) in [7, 11) is 0. The second kappa shape index (κ2) is 15.5. The normalized spacial score (nSPS) is 10.5. The van der Waals surface area contributed by atoms with Crippen molar-refractivity contribution in [1.82, 2.24) is 0 Å². The minimum atomic E-state index is 0.461. The van der Waals surface area contributed by atoms with E-state index in [0.29, 0.717) is 18.0 Å². The summed E-state index contributed by atoms with van der Waals surface area (Å²) in [5.74, 6) is 1.38. The Morgan fingerprint density at radius 3 is 1.85 bits per heavy atom. The van der Waals surface area contributed by atoms with Crippen molar-refractivity contribution in [2.24, 2.45) is 0 Å². The average Bonchev–Trinajstić information content (AvgIpc) is 2.66. The van der Waals surface area contributed by atoms with Gasteiger partial charge in [0.1, 0.15) is 5.75 Å². The maximum absolute atomic E-state index is 9.13. The molecule has 0 aliphatic heterocycles. The Morgan fingerprint density at radius 2 is 1.27 bits per heavy atom. The number of rotatable bonds is 16. The quantitative estimate of drug-likeness (QED) is 0.224. The largest absolute Gasteiger partial charge is 0.493 e. The molecule has 0 saturated carbocycles. The highest BCUT2D eigenvalue weighted by atomic mass is 16.5. The highest BCUT2D eigenvalue weighted by Gasteiger charge is 2.16. The molecule has 0 heterocycles. The molecule has 1 aromatic carbocycles. The Bertz CT molecular complexity index is 511. The molecule has 4 heteroatoms. The second-order valence-corrected chi connectivity index (χ2v) is 6.96.